The first-order valence-electron chi connectivity index (χ1n) is 7.10. The average Bonchev–Trinajstić information content (AvgIpc) is 3.01. The Bertz CT molecular complexity index is 511. The minimum atomic E-state index is -4.46. The van der Waals surface area contributed by atoms with Gasteiger partial charge in [0.15, 0.2) is 5.96 Å². The zero-order valence-corrected chi connectivity index (χ0v) is 12.3. The van der Waals surface area contributed by atoms with Crippen molar-refractivity contribution >= 4 is 11.9 Å². The number of guanidine groups is 1. The molecule has 2 N–H and O–H groups in total. The molecular formula is C13H19F3N6. The molecule has 1 aromatic heterocycles. The molecule has 122 valence electrons. The number of aliphatic imine (C=N–C) groups is 1. The summed E-state index contributed by atoms with van der Waals surface area (Å²) < 4.78 is 37.6. The normalized spacial score (nSPS) is 16.0. The molecular weight excluding hydrogens is 297 g/mol. The van der Waals surface area contributed by atoms with Gasteiger partial charge in [-0.2, -0.15) is 13.2 Å². The van der Waals surface area contributed by atoms with E-state index in [2.05, 4.69) is 30.5 Å². The number of hydrogen-bond donors (Lipinski definition) is 2. The molecule has 1 aliphatic heterocycles. The van der Waals surface area contributed by atoms with Gasteiger partial charge in [0.1, 0.15) is 5.69 Å². The molecule has 0 atom stereocenters. The molecule has 2 heterocycles. The number of hydrogen-bond acceptors (Lipinski definition) is 4. The van der Waals surface area contributed by atoms with Crippen molar-refractivity contribution in [2.45, 2.75) is 19.0 Å². The average molecular weight is 316 g/mol. The number of halogens is 3. The molecule has 0 saturated carbocycles. The van der Waals surface area contributed by atoms with Crippen molar-refractivity contribution in [3.05, 3.63) is 18.0 Å². The van der Waals surface area contributed by atoms with E-state index in [-0.39, 0.29) is 5.95 Å². The molecule has 0 aliphatic carbocycles. The van der Waals surface area contributed by atoms with E-state index in [1.807, 2.05) is 0 Å². The van der Waals surface area contributed by atoms with Gasteiger partial charge in [0, 0.05) is 39.4 Å². The summed E-state index contributed by atoms with van der Waals surface area (Å²) in [4.78, 5) is 13.6. The Morgan fingerprint density at radius 1 is 1.32 bits per heavy atom. The number of anilines is 1. The number of nitrogens with one attached hydrogen (secondary N) is 2. The van der Waals surface area contributed by atoms with Gasteiger partial charge >= 0.3 is 6.18 Å². The van der Waals surface area contributed by atoms with Crippen LogP contribution >= 0.6 is 0 Å². The highest BCUT2D eigenvalue weighted by molar-refractivity contribution is 5.80. The van der Waals surface area contributed by atoms with E-state index in [0.29, 0.717) is 13.1 Å². The van der Waals surface area contributed by atoms with Crippen LogP contribution in [-0.4, -0.2) is 54.1 Å². The van der Waals surface area contributed by atoms with Gasteiger partial charge in [0.05, 0.1) is 0 Å². The molecule has 0 amide bonds. The van der Waals surface area contributed by atoms with Gasteiger partial charge in [0.25, 0.3) is 0 Å². The van der Waals surface area contributed by atoms with E-state index in [4.69, 9.17) is 0 Å². The van der Waals surface area contributed by atoms with Crippen LogP contribution in [0.1, 0.15) is 18.5 Å². The van der Waals surface area contributed by atoms with Gasteiger partial charge in [-0.3, -0.25) is 4.99 Å². The van der Waals surface area contributed by atoms with Crippen LogP contribution < -0.4 is 10.6 Å². The van der Waals surface area contributed by atoms with Crippen LogP contribution in [0.25, 0.3) is 0 Å². The molecule has 2 rings (SSSR count). The summed E-state index contributed by atoms with van der Waals surface area (Å²) >= 11 is 0. The lowest BCUT2D eigenvalue weighted by Gasteiger charge is -2.20. The first kappa shape index (κ1) is 16.3. The molecule has 1 aliphatic rings. The summed E-state index contributed by atoms with van der Waals surface area (Å²) in [6, 6.07) is 0.846. The molecule has 0 bridgehead atoms. The Morgan fingerprint density at radius 2 is 2.05 bits per heavy atom. The maximum Gasteiger partial charge on any atom is 0.433 e. The van der Waals surface area contributed by atoms with Crippen molar-refractivity contribution in [1.82, 2.24) is 20.2 Å². The topological polar surface area (TPSA) is 65.4 Å². The third-order valence-corrected chi connectivity index (χ3v) is 3.25. The van der Waals surface area contributed by atoms with E-state index >= 15 is 0 Å². The van der Waals surface area contributed by atoms with Crippen molar-refractivity contribution in [2.75, 3.05) is 38.5 Å². The fourth-order valence-electron chi connectivity index (χ4n) is 2.21. The maximum atomic E-state index is 12.5. The predicted octanol–water partition coefficient (Wildman–Crippen LogP) is 1.58. The molecule has 22 heavy (non-hydrogen) atoms. The fourth-order valence-corrected chi connectivity index (χ4v) is 2.21. The zero-order valence-electron chi connectivity index (χ0n) is 12.3. The van der Waals surface area contributed by atoms with Crippen molar-refractivity contribution in [2.24, 2.45) is 4.99 Å². The standard InChI is InChI=1S/C13H19F3N6/c1-17-12(22-8-2-3-9-22)20-7-6-19-11-18-5-4-10(21-11)13(14,15)16/h4-5H,2-3,6-9H2,1H3,(H,17,20)(H,18,19,21). The summed E-state index contributed by atoms with van der Waals surface area (Å²) in [6.07, 6.45) is -1.07. The molecule has 0 aromatic carbocycles. The second kappa shape index (κ2) is 7.28. The Balaban J connectivity index is 1.79. The van der Waals surface area contributed by atoms with E-state index < -0.39 is 11.9 Å². The van der Waals surface area contributed by atoms with E-state index in [0.717, 1.165) is 44.2 Å². The van der Waals surface area contributed by atoms with Crippen LogP contribution in [0.4, 0.5) is 19.1 Å². The molecule has 9 heteroatoms. The summed E-state index contributed by atoms with van der Waals surface area (Å²) in [5.74, 6) is 0.775. The van der Waals surface area contributed by atoms with Gasteiger partial charge in [-0.05, 0) is 18.9 Å². The van der Waals surface area contributed by atoms with E-state index in [9.17, 15) is 13.2 Å². The van der Waals surface area contributed by atoms with Crippen molar-refractivity contribution in [1.29, 1.82) is 0 Å². The first-order chi connectivity index (χ1) is 10.5. The monoisotopic (exact) mass is 316 g/mol. The first-order valence-corrected chi connectivity index (χ1v) is 7.10. The molecule has 0 unspecified atom stereocenters. The summed E-state index contributed by atoms with van der Waals surface area (Å²) in [6.45, 7) is 2.87. The molecule has 1 saturated heterocycles. The lowest BCUT2D eigenvalue weighted by molar-refractivity contribution is -0.141. The van der Waals surface area contributed by atoms with Crippen molar-refractivity contribution in [3.8, 4) is 0 Å². The smallest absolute Gasteiger partial charge is 0.354 e. The molecule has 6 nitrogen and oxygen atoms in total. The number of nitrogens with zero attached hydrogens (tertiary/aromatic N) is 4. The van der Waals surface area contributed by atoms with Crippen LogP contribution in [0.15, 0.2) is 17.3 Å². The number of aromatic nitrogens is 2. The van der Waals surface area contributed by atoms with Gasteiger partial charge in [0.2, 0.25) is 5.95 Å². The van der Waals surface area contributed by atoms with Gasteiger partial charge in [-0.25, -0.2) is 9.97 Å². The summed E-state index contributed by atoms with van der Waals surface area (Å²) in [5.41, 5.74) is -0.953. The maximum absolute atomic E-state index is 12.5. The lowest BCUT2D eigenvalue weighted by Crippen LogP contribution is -2.41. The highest BCUT2D eigenvalue weighted by Gasteiger charge is 2.32. The van der Waals surface area contributed by atoms with Crippen LogP contribution in [0, 0.1) is 0 Å². The lowest BCUT2D eigenvalue weighted by atomic mass is 10.4. The van der Waals surface area contributed by atoms with Crippen LogP contribution in [-0.2, 0) is 6.18 Å². The minimum absolute atomic E-state index is 0.0345. The molecule has 0 radical (unpaired) electrons. The Labute approximate surface area is 126 Å². The second-order valence-corrected chi connectivity index (χ2v) is 4.86. The van der Waals surface area contributed by atoms with E-state index in [1.54, 1.807) is 7.05 Å². The van der Waals surface area contributed by atoms with Crippen LogP contribution in [0.3, 0.4) is 0 Å². The minimum Gasteiger partial charge on any atom is -0.354 e. The highest BCUT2D eigenvalue weighted by atomic mass is 19.4. The van der Waals surface area contributed by atoms with Crippen LogP contribution in [0.5, 0.6) is 0 Å². The van der Waals surface area contributed by atoms with Crippen LogP contribution in [0.2, 0.25) is 0 Å². The molecule has 1 aromatic rings. The van der Waals surface area contributed by atoms with Crippen molar-refractivity contribution in [3.63, 3.8) is 0 Å². The Hall–Kier alpha value is -2.06. The van der Waals surface area contributed by atoms with Gasteiger partial charge in [-0.15, -0.1) is 0 Å². The quantitative estimate of drug-likeness (QED) is 0.501. The fraction of sp³-hybridized carbons (Fsp3) is 0.615. The largest absolute Gasteiger partial charge is 0.433 e. The van der Waals surface area contributed by atoms with E-state index in [1.165, 1.54) is 0 Å². The third-order valence-electron chi connectivity index (χ3n) is 3.25. The Morgan fingerprint density at radius 3 is 2.68 bits per heavy atom. The number of likely N-dealkylation sites (tertiary alicyclic amines) is 1. The molecule has 0 spiro atoms. The van der Waals surface area contributed by atoms with Gasteiger partial charge < -0.3 is 15.5 Å². The predicted molar refractivity (Wildman–Crippen MR) is 77.7 cm³/mol. The number of rotatable bonds is 4. The summed E-state index contributed by atoms with van der Waals surface area (Å²) in [5, 5.41) is 5.93. The van der Waals surface area contributed by atoms with Crippen molar-refractivity contribution < 1.29 is 13.2 Å². The SMILES string of the molecule is CN=C(NCCNc1nccc(C(F)(F)F)n1)N1CCCC1. The number of alkyl halides is 3. The Kier molecular flexibility index (Phi) is 5.40. The van der Waals surface area contributed by atoms with Gasteiger partial charge in [-0.1, -0.05) is 0 Å². The zero-order chi connectivity index (χ0) is 16.0. The summed E-state index contributed by atoms with van der Waals surface area (Å²) in [7, 11) is 1.71. The third kappa shape index (κ3) is 4.47. The highest BCUT2D eigenvalue weighted by Crippen LogP contribution is 2.27. The molecule has 1 fully saturated rings. The second-order valence-electron chi connectivity index (χ2n) is 4.86.